The highest BCUT2D eigenvalue weighted by Crippen LogP contribution is 2.40. The number of aliphatic hydroxyl groups excluding tert-OH is 1. The summed E-state index contributed by atoms with van der Waals surface area (Å²) >= 11 is 0. The maximum Gasteiger partial charge on any atom is 0.191 e. The van der Waals surface area contributed by atoms with E-state index in [1.165, 1.54) is 70.6 Å². The van der Waals surface area contributed by atoms with Crippen molar-refractivity contribution in [2.75, 3.05) is 0 Å². The van der Waals surface area contributed by atoms with Crippen LogP contribution >= 0.6 is 0 Å². The first kappa shape index (κ1) is 21.0. The monoisotopic (exact) mass is 377 g/mol. The SMILES string of the molecule is CC(NC(=NC1CCCCC1)NC1CCCCC1)C1CC(O)CC(C)(C)C1. The third kappa shape index (κ3) is 6.66. The molecule has 0 saturated heterocycles. The first-order chi connectivity index (χ1) is 12.9. The first-order valence-electron chi connectivity index (χ1n) is 11.7. The first-order valence-corrected chi connectivity index (χ1v) is 11.7. The van der Waals surface area contributed by atoms with Gasteiger partial charge in [-0.15, -0.1) is 0 Å². The zero-order valence-corrected chi connectivity index (χ0v) is 18.0. The lowest BCUT2D eigenvalue weighted by Gasteiger charge is -2.41. The largest absolute Gasteiger partial charge is 0.393 e. The van der Waals surface area contributed by atoms with Crippen LogP contribution in [0.25, 0.3) is 0 Å². The van der Waals surface area contributed by atoms with Crippen LogP contribution in [0.4, 0.5) is 0 Å². The predicted octanol–water partition coefficient (Wildman–Crippen LogP) is 4.76. The van der Waals surface area contributed by atoms with Gasteiger partial charge in [-0.05, 0) is 63.2 Å². The van der Waals surface area contributed by atoms with Gasteiger partial charge in [0.25, 0.3) is 0 Å². The third-order valence-corrected chi connectivity index (χ3v) is 7.08. The van der Waals surface area contributed by atoms with Crippen molar-refractivity contribution in [3.05, 3.63) is 0 Å². The Labute approximate surface area is 167 Å². The Morgan fingerprint density at radius 3 is 2.22 bits per heavy atom. The van der Waals surface area contributed by atoms with Gasteiger partial charge >= 0.3 is 0 Å². The van der Waals surface area contributed by atoms with E-state index in [-0.39, 0.29) is 11.5 Å². The van der Waals surface area contributed by atoms with Crippen molar-refractivity contribution in [2.45, 2.75) is 128 Å². The van der Waals surface area contributed by atoms with Gasteiger partial charge < -0.3 is 15.7 Å². The second-order valence-corrected chi connectivity index (χ2v) is 10.4. The van der Waals surface area contributed by atoms with Gasteiger partial charge in [-0.1, -0.05) is 52.4 Å². The molecule has 0 radical (unpaired) electrons. The molecule has 3 aliphatic carbocycles. The van der Waals surface area contributed by atoms with E-state index < -0.39 is 0 Å². The van der Waals surface area contributed by atoms with E-state index >= 15 is 0 Å². The quantitative estimate of drug-likeness (QED) is 0.489. The zero-order valence-electron chi connectivity index (χ0n) is 18.0. The molecule has 4 heteroatoms. The molecular weight excluding hydrogens is 334 g/mol. The molecule has 3 saturated carbocycles. The molecule has 0 bridgehead atoms. The van der Waals surface area contributed by atoms with Crippen LogP contribution in [0.15, 0.2) is 4.99 Å². The maximum atomic E-state index is 10.3. The van der Waals surface area contributed by atoms with Crippen LogP contribution in [-0.4, -0.2) is 35.3 Å². The van der Waals surface area contributed by atoms with Crippen molar-refractivity contribution in [1.29, 1.82) is 0 Å². The van der Waals surface area contributed by atoms with E-state index in [0.29, 0.717) is 24.0 Å². The van der Waals surface area contributed by atoms with Crippen LogP contribution in [0.1, 0.15) is 104 Å². The van der Waals surface area contributed by atoms with Crippen LogP contribution in [0.3, 0.4) is 0 Å². The minimum atomic E-state index is -0.159. The Morgan fingerprint density at radius 1 is 0.963 bits per heavy atom. The fourth-order valence-electron chi connectivity index (χ4n) is 5.61. The molecule has 4 nitrogen and oxygen atoms in total. The molecule has 0 aromatic rings. The summed E-state index contributed by atoms with van der Waals surface area (Å²) in [7, 11) is 0. The third-order valence-electron chi connectivity index (χ3n) is 7.08. The van der Waals surface area contributed by atoms with Crippen LogP contribution in [0, 0.1) is 11.3 Å². The molecule has 0 aromatic heterocycles. The normalized spacial score (nSPS) is 32.1. The lowest BCUT2D eigenvalue weighted by atomic mass is 9.69. The molecule has 0 aliphatic heterocycles. The summed E-state index contributed by atoms with van der Waals surface area (Å²) in [5.41, 5.74) is 0.232. The van der Waals surface area contributed by atoms with Crippen LogP contribution in [0.5, 0.6) is 0 Å². The maximum absolute atomic E-state index is 10.3. The molecule has 3 aliphatic rings. The number of guanidine groups is 1. The highest BCUT2D eigenvalue weighted by molar-refractivity contribution is 5.80. The number of nitrogens with zero attached hydrogens (tertiary/aromatic N) is 1. The molecule has 156 valence electrons. The molecule has 0 heterocycles. The lowest BCUT2D eigenvalue weighted by Crippen LogP contribution is -2.51. The number of hydrogen-bond donors (Lipinski definition) is 3. The van der Waals surface area contributed by atoms with Crippen molar-refractivity contribution in [1.82, 2.24) is 10.6 Å². The van der Waals surface area contributed by atoms with E-state index in [2.05, 4.69) is 31.4 Å². The van der Waals surface area contributed by atoms with Gasteiger partial charge in [0.1, 0.15) is 0 Å². The summed E-state index contributed by atoms with van der Waals surface area (Å²) < 4.78 is 0. The summed E-state index contributed by atoms with van der Waals surface area (Å²) in [5, 5.41) is 17.9. The lowest BCUT2D eigenvalue weighted by molar-refractivity contribution is 0.0259. The number of nitrogens with one attached hydrogen (secondary N) is 2. The standard InChI is InChI=1S/C23H43N3O/c1-17(18-14-21(27)16-23(2,3)15-18)24-22(25-19-10-6-4-7-11-19)26-20-12-8-5-9-13-20/h17-21,27H,4-16H2,1-3H3,(H2,24,25,26). The average molecular weight is 378 g/mol. The molecule has 3 fully saturated rings. The van der Waals surface area contributed by atoms with E-state index in [4.69, 9.17) is 4.99 Å². The number of aliphatic hydroxyl groups is 1. The van der Waals surface area contributed by atoms with Crippen molar-refractivity contribution < 1.29 is 5.11 Å². The average Bonchev–Trinajstić information content (AvgIpc) is 2.61. The number of rotatable bonds is 4. The van der Waals surface area contributed by atoms with E-state index in [0.717, 1.165) is 18.8 Å². The molecule has 3 rings (SSSR count). The second kappa shape index (κ2) is 9.62. The van der Waals surface area contributed by atoms with Crippen molar-refractivity contribution in [2.24, 2.45) is 16.3 Å². The van der Waals surface area contributed by atoms with Crippen LogP contribution in [-0.2, 0) is 0 Å². The van der Waals surface area contributed by atoms with Gasteiger partial charge in [-0.25, -0.2) is 4.99 Å². The molecular formula is C23H43N3O. The van der Waals surface area contributed by atoms with Gasteiger partial charge in [-0.2, -0.15) is 0 Å². The molecule has 3 unspecified atom stereocenters. The summed E-state index contributed by atoms with van der Waals surface area (Å²) in [6.45, 7) is 6.89. The smallest absolute Gasteiger partial charge is 0.191 e. The topological polar surface area (TPSA) is 56.7 Å². The molecule has 3 N–H and O–H groups in total. The summed E-state index contributed by atoms with van der Waals surface area (Å²) in [6.07, 6.45) is 16.0. The van der Waals surface area contributed by atoms with Crippen LogP contribution in [0.2, 0.25) is 0 Å². The van der Waals surface area contributed by atoms with Crippen molar-refractivity contribution in [3.63, 3.8) is 0 Å². The van der Waals surface area contributed by atoms with Gasteiger partial charge in [0, 0.05) is 12.1 Å². The van der Waals surface area contributed by atoms with Gasteiger partial charge in [-0.3, -0.25) is 0 Å². The number of hydrogen-bond acceptors (Lipinski definition) is 2. The summed E-state index contributed by atoms with van der Waals surface area (Å²) in [4.78, 5) is 5.15. The number of aliphatic imine (C=N–C) groups is 1. The van der Waals surface area contributed by atoms with E-state index in [9.17, 15) is 5.11 Å². The minimum absolute atomic E-state index is 0.159. The molecule has 3 atom stereocenters. The Balaban J connectivity index is 1.64. The Kier molecular flexibility index (Phi) is 7.47. The molecule has 0 spiro atoms. The van der Waals surface area contributed by atoms with E-state index in [1.807, 2.05) is 0 Å². The molecule has 27 heavy (non-hydrogen) atoms. The molecule has 0 amide bonds. The Bertz CT molecular complexity index is 478. The summed E-state index contributed by atoms with van der Waals surface area (Å²) in [5.74, 6) is 1.55. The minimum Gasteiger partial charge on any atom is -0.393 e. The Morgan fingerprint density at radius 2 is 1.59 bits per heavy atom. The van der Waals surface area contributed by atoms with Crippen molar-refractivity contribution >= 4 is 5.96 Å². The van der Waals surface area contributed by atoms with Crippen LogP contribution < -0.4 is 10.6 Å². The highest BCUT2D eigenvalue weighted by atomic mass is 16.3. The fraction of sp³-hybridized carbons (Fsp3) is 0.957. The highest BCUT2D eigenvalue weighted by Gasteiger charge is 2.36. The van der Waals surface area contributed by atoms with Crippen molar-refractivity contribution in [3.8, 4) is 0 Å². The van der Waals surface area contributed by atoms with E-state index in [1.54, 1.807) is 0 Å². The zero-order chi connectivity index (χ0) is 19.3. The predicted molar refractivity (Wildman–Crippen MR) is 114 cm³/mol. The molecule has 0 aromatic carbocycles. The van der Waals surface area contributed by atoms with Gasteiger partial charge in [0.2, 0.25) is 0 Å². The summed E-state index contributed by atoms with van der Waals surface area (Å²) in [6, 6.07) is 1.41. The fourth-order valence-corrected chi connectivity index (χ4v) is 5.61. The van der Waals surface area contributed by atoms with Gasteiger partial charge in [0.15, 0.2) is 5.96 Å². The Hall–Kier alpha value is -0.770. The second-order valence-electron chi connectivity index (χ2n) is 10.4. The van der Waals surface area contributed by atoms with Gasteiger partial charge in [0.05, 0.1) is 12.1 Å².